The zero-order valence-electron chi connectivity index (χ0n) is 14.2. The number of hydrogen-bond acceptors (Lipinski definition) is 3. The van der Waals surface area contributed by atoms with E-state index in [4.69, 9.17) is 4.74 Å². The van der Waals surface area contributed by atoms with E-state index in [1.165, 1.54) is 0 Å². The molecule has 0 bridgehead atoms. The quantitative estimate of drug-likeness (QED) is 0.876. The zero-order chi connectivity index (χ0) is 16.8. The Morgan fingerprint density at radius 2 is 2.04 bits per heavy atom. The van der Waals surface area contributed by atoms with Gasteiger partial charge < -0.3 is 15.0 Å². The van der Waals surface area contributed by atoms with Crippen molar-refractivity contribution < 1.29 is 14.3 Å². The van der Waals surface area contributed by atoms with Crippen molar-refractivity contribution in [3.05, 3.63) is 29.8 Å². The Bertz CT molecular complexity index is 559. The van der Waals surface area contributed by atoms with Gasteiger partial charge in [0.2, 0.25) is 11.8 Å². The van der Waals surface area contributed by atoms with Gasteiger partial charge in [0.25, 0.3) is 0 Å². The number of nitrogens with one attached hydrogen (secondary N) is 1. The maximum absolute atomic E-state index is 12.7. The number of rotatable bonds is 6. The lowest BCUT2D eigenvalue weighted by Crippen LogP contribution is -2.40. The molecule has 2 amide bonds. The number of carbonyl (C=O) groups is 2. The highest BCUT2D eigenvalue weighted by atomic mass is 16.5. The molecule has 1 saturated heterocycles. The van der Waals surface area contributed by atoms with Gasteiger partial charge in [0, 0.05) is 19.2 Å². The van der Waals surface area contributed by atoms with Crippen LogP contribution < -0.4 is 10.2 Å². The van der Waals surface area contributed by atoms with Gasteiger partial charge in [-0.3, -0.25) is 9.59 Å². The number of aryl methyl sites for hydroxylation is 1. The minimum absolute atomic E-state index is 0.0361. The molecule has 0 radical (unpaired) electrons. The molecule has 1 aromatic rings. The number of likely N-dealkylation sites (N-methyl/N-ethyl adjacent to an activating group) is 1. The number of nitrogens with zero attached hydrogens (tertiary/aromatic N) is 1. The molecule has 2 rings (SSSR count). The maximum Gasteiger partial charge on any atom is 0.239 e. The highest BCUT2D eigenvalue weighted by Crippen LogP contribution is 2.25. The maximum atomic E-state index is 12.7. The molecule has 1 N–H and O–H groups in total. The number of benzene rings is 1. The number of carbonyl (C=O) groups excluding carboxylic acids is 2. The minimum Gasteiger partial charge on any atom is -0.375 e. The largest absolute Gasteiger partial charge is 0.375 e. The molecule has 1 aromatic carbocycles. The second-order valence-corrected chi connectivity index (χ2v) is 6.12. The molecule has 0 saturated carbocycles. The summed E-state index contributed by atoms with van der Waals surface area (Å²) in [5, 5.41) is 2.59. The van der Waals surface area contributed by atoms with Crippen molar-refractivity contribution in [3.8, 4) is 0 Å². The fourth-order valence-corrected chi connectivity index (χ4v) is 2.91. The van der Waals surface area contributed by atoms with E-state index in [-0.39, 0.29) is 30.6 Å². The van der Waals surface area contributed by atoms with Crippen LogP contribution >= 0.6 is 0 Å². The number of amides is 2. The van der Waals surface area contributed by atoms with Gasteiger partial charge in [-0.25, -0.2) is 0 Å². The van der Waals surface area contributed by atoms with Gasteiger partial charge in [-0.05, 0) is 44.7 Å². The van der Waals surface area contributed by atoms with E-state index >= 15 is 0 Å². The number of para-hydroxylation sites is 1. The Labute approximate surface area is 138 Å². The lowest BCUT2D eigenvalue weighted by atomic mass is 10.1. The Morgan fingerprint density at radius 1 is 1.30 bits per heavy atom. The van der Waals surface area contributed by atoms with Gasteiger partial charge in [0.1, 0.15) is 6.54 Å². The lowest BCUT2D eigenvalue weighted by Gasteiger charge is -2.24. The summed E-state index contributed by atoms with van der Waals surface area (Å²) in [6.07, 6.45) is 3.61. The molecule has 0 aliphatic carbocycles. The van der Waals surface area contributed by atoms with E-state index < -0.39 is 0 Å². The monoisotopic (exact) mass is 318 g/mol. The molecule has 1 aliphatic heterocycles. The van der Waals surface area contributed by atoms with Gasteiger partial charge in [0.05, 0.1) is 12.2 Å². The first kappa shape index (κ1) is 17.5. The van der Waals surface area contributed by atoms with E-state index in [2.05, 4.69) is 12.2 Å². The summed E-state index contributed by atoms with van der Waals surface area (Å²) in [4.78, 5) is 26.0. The second kappa shape index (κ2) is 8.11. The summed E-state index contributed by atoms with van der Waals surface area (Å²) in [6.45, 7) is 4.05. The third-order valence-corrected chi connectivity index (χ3v) is 4.29. The SMILES string of the molecule is CNC(=O)CN(C(=O)CCC1CCC(C)O1)c1ccccc1C. The molecule has 2 atom stereocenters. The molecule has 0 aromatic heterocycles. The van der Waals surface area contributed by atoms with Crippen molar-refractivity contribution in [2.45, 2.75) is 51.7 Å². The number of anilines is 1. The predicted molar refractivity (Wildman–Crippen MR) is 90.4 cm³/mol. The molecule has 126 valence electrons. The van der Waals surface area contributed by atoms with Crippen molar-refractivity contribution in [2.24, 2.45) is 0 Å². The Kier molecular flexibility index (Phi) is 6.16. The van der Waals surface area contributed by atoms with Crippen LogP contribution in [-0.2, 0) is 14.3 Å². The van der Waals surface area contributed by atoms with Crippen LogP contribution in [0, 0.1) is 6.92 Å². The van der Waals surface area contributed by atoms with Crippen LogP contribution in [0.5, 0.6) is 0 Å². The summed E-state index contributed by atoms with van der Waals surface area (Å²) in [5.41, 5.74) is 1.78. The highest BCUT2D eigenvalue weighted by molar-refractivity contribution is 5.99. The summed E-state index contributed by atoms with van der Waals surface area (Å²) in [7, 11) is 1.58. The minimum atomic E-state index is -0.174. The number of hydrogen-bond donors (Lipinski definition) is 1. The van der Waals surface area contributed by atoms with Crippen LogP contribution in [-0.4, -0.2) is 37.6 Å². The average Bonchev–Trinajstić information content (AvgIpc) is 2.96. The van der Waals surface area contributed by atoms with E-state index in [0.717, 1.165) is 24.1 Å². The topological polar surface area (TPSA) is 58.6 Å². The lowest BCUT2D eigenvalue weighted by molar-refractivity contribution is -0.123. The molecule has 1 fully saturated rings. The van der Waals surface area contributed by atoms with Crippen LogP contribution in [0.4, 0.5) is 5.69 Å². The second-order valence-electron chi connectivity index (χ2n) is 6.12. The summed E-state index contributed by atoms with van der Waals surface area (Å²) in [5.74, 6) is -0.210. The molecule has 0 spiro atoms. The first-order valence-corrected chi connectivity index (χ1v) is 8.23. The van der Waals surface area contributed by atoms with Crippen molar-refractivity contribution in [1.82, 2.24) is 5.32 Å². The van der Waals surface area contributed by atoms with Crippen molar-refractivity contribution in [2.75, 3.05) is 18.5 Å². The van der Waals surface area contributed by atoms with Crippen molar-refractivity contribution in [3.63, 3.8) is 0 Å². The van der Waals surface area contributed by atoms with Crippen molar-refractivity contribution in [1.29, 1.82) is 0 Å². The molecule has 1 heterocycles. The van der Waals surface area contributed by atoms with E-state index in [9.17, 15) is 9.59 Å². The van der Waals surface area contributed by atoms with Gasteiger partial charge in [-0.2, -0.15) is 0 Å². The number of ether oxygens (including phenoxy) is 1. The van der Waals surface area contributed by atoms with E-state index in [0.29, 0.717) is 12.8 Å². The third-order valence-electron chi connectivity index (χ3n) is 4.29. The first-order chi connectivity index (χ1) is 11.0. The van der Waals surface area contributed by atoms with Crippen LogP contribution in [0.15, 0.2) is 24.3 Å². The average molecular weight is 318 g/mol. The Hall–Kier alpha value is -1.88. The van der Waals surface area contributed by atoms with Crippen LogP contribution in [0.3, 0.4) is 0 Å². The van der Waals surface area contributed by atoms with E-state index in [1.807, 2.05) is 31.2 Å². The summed E-state index contributed by atoms with van der Waals surface area (Å²) in [6, 6.07) is 7.63. The van der Waals surface area contributed by atoms with Gasteiger partial charge in [0.15, 0.2) is 0 Å². The predicted octanol–water partition coefficient (Wildman–Crippen LogP) is 2.42. The molecule has 2 unspecified atom stereocenters. The molecule has 1 aliphatic rings. The molecule has 23 heavy (non-hydrogen) atoms. The highest BCUT2D eigenvalue weighted by Gasteiger charge is 2.25. The first-order valence-electron chi connectivity index (χ1n) is 8.23. The Balaban J connectivity index is 2.05. The fourth-order valence-electron chi connectivity index (χ4n) is 2.91. The van der Waals surface area contributed by atoms with Crippen molar-refractivity contribution >= 4 is 17.5 Å². The van der Waals surface area contributed by atoms with Gasteiger partial charge in [-0.15, -0.1) is 0 Å². The fraction of sp³-hybridized carbons (Fsp3) is 0.556. The Morgan fingerprint density at radius 3 is 2.65 bits per heavy atom. The third kappa shape index (κ3) is 4.79. The standard InChI is InChI=1S/C18H26N2O3/c1-13-6-4-5-7-16(13)20(12-17(21)19-3)18(22)11-10-15-9-8-14(2)23-15/h4-7,14-15H,8-12H2,1-3H3,(H,19,21). The summed E-state index contributed by atoms with van der Waals surface area (Å²) < 4.78 is 5.77. The molecule has 5 nitrogen and oxygen atoms in total. The normalized spacial score (nSPS) is 20.3. The molecular formula is C18H26N2O3. The van der Waals surface area contributed by atoms with Gasteiger partial charge >= 0.3 is 0 Å². The van der Waals surface area contributed by atoms with Crippen LogP contribution in [0.25, 0.3) is 0 Å². The van der Waals surface area contributed by atoms with Crippen LogP contribution in [0.2, 0.25) is 0 Å². The zero-order valence-corrected chi connectivity index (χ0v) is 14.2. The molecule has 5 heteroatoms. The van der Waals surface area contributed by atoms with Gasteiger partial charge in [-0.1, -0.05) is 18.2 Å². The summed E-state index contributed by atoms with van der Waals surface area (Å²) >= 11 is 0. The smallest absolute Gasteiger partial charge is 0.239 e. The molecular weight excluding hydrogens is 292 g/mol. The van der Waals surface area contributed by atoms with Crippen LogP contribution in [0.1, 0.15) is 38.2 Å². The van der Waals surface area contributed by atoms with E-state index in [1.54, 1.807) is 11.9 Å².